The zero-order chi connectivity index (χ0) is 14.3. The Hall–Kier alpha value is -1.42. The van der Waals surface area contributed by atoms with E-state index in [1.165, 1.54) is 12.1 Å². The number of aliphatic hydroxyl groups is 1. The highest BCUT2D eigenvalue weighted by Gasteiger charge is 2.54. The first-order chi connectivity index (χ1) is 9.58. The average molecular weight is 277 g/mol. The summed E-state index contributed by atoms with van der Waals surface area (Å²) in [5.74, 6) is 0.167. The van der Waals surface area contributed by atoms with Gasteiger partial charge in [-0.05, 0) is 42.9 Å². The number of carbonyl (C=O) groups is 1. The molecule has 20 heavy (non-hydrogen) atoms. The maximum atomic E-state index is 13.0. The molecule has 1 aromatic rings. The Morgan fingerprint density at radius 3 is 2.60 bits per heavy atom. The molecule has 0 spiro atoms. The highest BCUT2D eigenvalue weighted by Crippen LogP contribution is 2.50. The smallest absolute Gasteiger partial charge is 0.233 e. The van der Waals surface area contributed by atoms with Crippen LogP contribution in [0.1, 0.15) is 31.7 Å². The van der Waals surface area contributed by atoms with Gasteiger partial charge in [0, 0.05) is 6.54 Å². The van der Waals surface area contributed by atoms with Crippen molar-refractivity contribution in [3.63, 3.8) is 0 Å². The molecule has 1 N–H and O–H groups in total. The van der Waals surface area contributed by atoms with Crippen molar-refractivity contribution in [2.75, 3.05) is 13.2 Å². The number of aliphatic hydroxyl groups excluding tert-OH is 1. The third-order valence-corrected chi connectivity index (χ3v) is 4.89. The van der Waals surface area contributed by atoms with Gasteiger partial charge in [0.1, 0.15) is 5.82 Å². The van der Waals surface area contributed by atoms with E-state index in [2.05, 4.69) is 6.92 Å². The molecule has 0 radical (unpaired) electrons. The normalized spacial score (nSPS) is 27.6. The van der Waals surface area contributed by atoms with Crippen LogP contribution < -0.4 is 0 Å². The van der Waals surface area contributed by atoms with Crippen molar-refractivity contribution in [2.24, 2.45) is 5.92 Å². The molecule has 2 unspecified atom stereocenters. The minimum absolute atomic E-state index is 0.0202. The highest BCUT2D eigenvalue weighted by molar-refractivity contribution is 5.91. The molecule has 2 fully saturated rings. The summed E-state index contributed by atoms with van der Waals surface area (Å²) in [6.07, 6.45) is 2.58. The van der Waals surface area contributed by atoms with Gasteiger partial charge in [-0.2, -0.15) is 0 Å². The molecule has 1 saturated carbocycles. The zero-order valence-corrected chi connectivity index (χ0v) is 11.7. The summed E-state index contributed by atoms with van der Waals surface area (Å²) in [4.78, 5) is 14.7. The summed E-state index contributed by atoms with van der Waals surface area (Å²) in [6, 6.07) is 6.19. The van der Waals surface area contributed by atoms with Crippen LogP contribution in [0.2, 0.25) is 0 Å². The monoisotopic (exact) mass is 277 g/mol. The second-order valence-corrected chi connectivity index (χ2v) is 6.10. The SMILES string of the molecule is CC1CCN(C(=O)C2(c3ccc(F)cc3)CC2)C1CO. The van der Waals surface area contributed by atoms with Gasteiger partial charge in [-0.15, -0.1) is 0 Å². The van der Waals surface area contributed by atoms with E-state index in [9.17, 15) is 14.3 Å². The lowest BCUT2D eigenvalue weighted by Gasteiger charge is -2.29. The largest absolute Gasteiger partial charge is 0.394 e. The predicted molar refractivity (Wildman–Crippen MR) is 73.7 cm³/mol. The van der Waals surface area contributed by atoms with Crippen molar-refractivity contribution in [1.82, 2.24) is 4.90 Å². The number of likely N-dealkylation sites (tertiary alicyclic amines) is 1. The molecule has 0 bridgehead atoms. The van der Waals surface area contributed by atoms with Gasteiger partial charge in [-0.1, -0.05) is 19.1 Å². The lowest BCUT2D eigenvalue weighted by atomic mass is 9.93. The Bertz CT molecular complexity index is 510. The van der Waals surface area contributed by atoms with Gasteiger partial charge in [0.2, 0.25) is 5.91 Å². The summed E-state index contributed by atoms with van der Waals surface area (Å²) in [5.41, 5.74) is 0.436. The van der Waals surface area contributed by atoms with Crippen LogP contribution in [0, 0.1) is 11.7 Å². The minimum Gasteiger partial charge on any atom is -0.394 e. The molecule has 0 aromatic heterocycles. The molecule has 2 atom stereocenters. The molecule has 1 amide bonds. The maximum absolute atomic E-state index is 13.0. The van der Waals surface area contributed by atoms with Gasteiger partial charge >= 0.3 is 0 Å². The predicted octanol–water partition coefficient (Wildman–Crippen LogP) is 2.09. The first kappa shape index (κ1) is 13.6. The quantitative estimate of drug-likeness (QED) is 0.919. The second-order valence-electron chi connectivity index (χ2n) is 6.10. The topological polar surface area (TPSA) is 40.5 Å². The molecule has 1 heterocycles. The van der Waals surface area contributed by atoms with Crippen LogP contribution in [-0.4, -0.2) is 35.1 Å². The van der Waals surface area contributed by atoms with Crippen LogP contribution in [-0.2, 0) is 10.2 Å². The molecular formula is C16H20FNO2. The number of benzene rings is 1. The van der Waals surface area contributed by atoms with E-state index in [1.807, 2.05) is 4.90 Å². The van der Waals surface area contributed by atoms with Crippen LogP contribution in [0.15, 0.2) is 24.3 Å². The van der Waals surface area contributed by atoms with E-state index < -0.39 is 5.41 Å². The standard InChI is InChI=1S/C16H20FNO2/c1-11-6-9-18(14(11)10-19)15(20)16(7-8-16)12-2-4-13(17)5-3-12/h2-5,11,14,19H,6-10H2,1H3. The van der Waals surface area contributed by atoms with Crippen LogP contribution in [0.3, 0.4) is 0 Å². The molecule has 1 aliphatic heterocycles. The molecule has 4 heteroatoms. The van der Waals surface area contributed by atoms with Crippen molar-refractivity contribution in [3.05, 3.63) is 35.6 Å². The van der Waals surface area contributed by atoms with Crippen molar-refractivity contribution >= 4 is 5.91 Å². The third-order valence-electron chi connectivity index (χ3n) is 4.89. The molecular weight excluding hydrogens is 257 g/mol. The fraction of sp³-hybridized carbons (Fsp3) is 0.562. The Balaban J connectivity index is 1.85. The number of carbonyl (C=O) groups excluding carboxylic acids is 1. The summed E-state index contributed by atoms with van der Waals surface area (Å²) >= 11 is 0. The molecule has 3 nitrogen and oxygen atoms in total. The lowest BCUT2D eigenvalue weighted by molar-refractivity contribution is -0.135. The average Bonchev–Trinajstić information content (AvgIpc) is 3.17. The van der Waals surface area contributed by atoms with Crippen molar-refractivity contribution in [1.29, 1.82) is 0 Å². The third kappa shape index (κ3) is 2.03. The number of hydrogen-bond donors (Lipinski definition) is 1. The summed E-state index contributed by atoms with van der Waals surface area (Å²) in [6.45, 7) is 2.81. The number of nitrogens with zero attached hydrogens (tertiary/aromatic N) is 1. The van der Waals surface area contributed by atoms with Crippen LogP contribution >= 0.6 is 0 Å². The zero-order valence-electron chi connectivity index (χ0n) is 11.7. The van der Waals surface area contributed by atoms with Gasteiger partial charge in [-0.3, -0.25) is 4.79 Å². The Morgan fingerprint density at radius 2 is 2.05 bits per heavy atom. The van der Waals surface area contributed by atoms with Crippen LogP contribution in [0.25, 0.3) is 0 Å². The minimum atomic E-state index is -0.467. The Kier molecular flexibility index (Phi) is 3.28. The lowest BCUT2D eigenvalue weighted by Crippen LogP contribution is -2.45. The number of halogens is 1. The fourth-order valence-corrected chi connectivity index (χ4v) is 3.33. The molecule has 3 rings (SSSR count). The van der Waals surface area contributed by atoms with E-state index in [1.54, 1.807) is 12.1 Å². The number of hydrogen-bond acceptors (Lipinski definition) is 2. The maximum Gasteiger partial charge on any atom is 0.233 e. The van der Waals surface area contributed by atoms with Gasteiger partial charge in [0.05, 0.1) is 18.1 Å². The Labute approximate surface area is 118 Å². The molecule has 1 saturated heterocycles. The van der Waals surface area contributed by atoms with Crippen LogP contribution in [0.4, 0.5) is 4.39 Å². The molecule has 1 aromatic carbocycles. The van der Waals surface area contributed by atoms with Crippen molar-refractivity contribution in [3.8, 4) is 0 Å². The fourth-order valence-electron chi connectivity index (χ4n) is 3.33. The van der Waals surface area contributed by atoms with E-state index >= 15 is 0 Å². The van der Waals surface area contributed by atoms with Gasteiger partial charge in [0.15, 0.2) is 0 Å². The van der Waals surface area contributed by atoms with E-state index in [-0.39, 0.29) is 24.4 Å². The second kappa shape index (κ2) is 4.85. The van der Waals surface area contributed by atoms with E-state index in [0.29, 0.717) is 12.5 Å². The molecule has 2 aliphatic rings. The molecule has 1 aliphatic carbocycles. The summed E-state index contributed by atoms with van der Waals surface area (Å²) in [5, 5.41) is 9.51. The highest BCUT2D eigenvalue weighted by atomic mass is 19.1. The summed E-state index contributed by atoms with van der Waals surface area (Å²) < 4.78 is 13.0. The number of rotatable bonds is 3. The van der Waals surface area contributed by atoms with Gasteiger partial charge in [0.25, 0.3) is 0 Å². The van der Waals surface area contributed by atoms with Gasteiger partial charge < -0.3 is 10.0 Å². The first-order valence-corrected chi connectivity index (χ1v) is 7.26. The van der Waals surface area contributed by atoms with E-state index in [0.717, 1.165) is 24.8 Å². The number of amides is 1. The molecule has 108 valence electrons. The van der Waals surface area contributed by atoms with E-state index in [4.69, 9.17) is 0 Å². The van der Waals surface area contributed by atoms with Crippen molar-refractivity contribution < 1.29 is 14.3 Å². The van der Waals surface area contributed by atoms with Crippen LogP contribution in [0.5, 0.6) is 0 Å². The Morgan fingerprint density at radius 1 is 1.40 bits per heavy atom. The first-order valence-electron chi connectivity index (χ1n) is 7.26. The van der Waals surface area contributed by atoms with Crippen molar-refractivity contribution in [2.45, 2.75) is 37.6 Å². The van der Waals surface area contributed by atoms with Gasteiger partial charge in [-0.25, -0.2) is 4.39 Å². The summed E-state index contributed by atoms with van der Waals surface area (Å²) in [7, 11) is 0.